The van der Waals surface area contributed by atoms with E-state index >= 15 is 0 Å². The average molecular weight is 456 g/mol. The van der Waals surface area contributed by atoms with Gasteiger partial charge in [-0.25, -0.2) is 9.59 Å². The van der Waals surface area contributed by atoms with E-state index in [1.165, 1.54) is 31.4 Å². The molecule has 3 fully saturated rings. The van der Waals surface area contributed by atoms with Crippen molar-refractivity contribution in [1.29, 1.82) is 0 Å². The molecule has 1 heterocycles. The summed E-state index contributed by atoms with van der Waals surface area (Å²) in [5, 5.41) is 2.57. The molecule has 3 amide bonds. The van der Waals surface area contributed by atoms with E-state index in [0.29, 0.717) is 11.3 Å². The van der Waals surface area contributed by atoms with Crippen LogP contribution in [0.1, 0.15) is 43.5 Å². The summed E-state index contributed by atoms with van der Waals surface area (Å²) in [6, 6.07) is 4.99. The van der Waals surface area contributed by atoms with Crippen molar-refractivity contribution in [2.45, 2.75) is 39.2 Å². The molecule has 1 aromatic rings. The summed E-state index contributed by atoms with van der Waals surface area (Å²) < 4.78 is 9.83. The predicted molar refractivity (Wildman–Crippen MR) is 116 cm³/mol. The van der Waals surface area contributed by atoms with E-state index in [4.69, 9.17) is 4.74 Å². The average Bonchev–Trinajstić information content (AvgIpc) is 3.47. The summed E-state index contributed by atoms with van der Waals surface area (Å²) >= 11 is 0. The van der Waals surface area contributed by atoms with Gasteiger partial charge in [0.15, 0.2) is 6.61 Å². The fraction of sp³-hybridized carbons (Fsp3) is 0.542. The zero-order chi connectivity index (χ0) is 23.9. The Balaban J connectivity index is 1.37. The Morgan fingerprint density at radius 1 is 1.03 bits per heavy atom. The number of likely N-dealkylation sites (tertiary alicyclic amines) is 1. The Morgan fingerprint density at radius 3 is 2.12 bits per heavy atom. The second-order valence-electron chi connectivity index (χ2n) is 9.34. The van der Waals surface area contributed by atoms with Gasteiger partial charge in [0.05, 0.1) is 24.5 Å². The van der Waals surface area contributed by atoms with Crippen LogP contribution in [-0.2, 0) is 28.7 Å². The minimum absolute atomic E-state index is 0.224. The van der Waals surface area contributed by atoms with Crippen molar-refractivity contribution in [3.05, 3.63) is 29.8 Å². The SMILES string of the molecule is COC(=O)c1ccc(NC(=O)COC(=O)[C@H](C(C)C)N2C(=O)[C@@H]3[C@H]4CC[C@@H](C4)[C@@H]3C2=O)cc1. The molecule has 3 aliphatic rings. The zero-order valence-electron chi connectivity index (χ0n) is 18.9. The zero-order valence-corrected chi connectivity index (χ0v) is 18.9. The first kappa shape index (κ1) is 22.9. The largest absolute Gasteiger partial charge is 0.465 e. The maximum Gasteiger partial charge on any atom is 0.337 e. The van der Waals surface area contributed by atoms with Gasteiger partial charge in [0, 0.05) is 5.69 Å². The van der Waals surface area contributed by atoms with E-state index in [1.807, 2.05) is 0 Å². The number of nitrogens with one attached hydrogen (secondary N) is 1. The van der Waals surface area contributed by atoms with E-state index in [2.05, 4.69) is 10.1 Å². The summed E-state index contributed by atoms with van der Waals surface area (Å²) in [5.74, 6) is -2.93. The molecule has 0 unspecified atom stereocenters. The van der Waals surface area contributed by atoms with E-state index in [0.717, 1.165) is 24.2 Å². The summed E-state index contributed by atoms with van der Waals surface area (Å²) in [6.45, 7) is 2.94. The third kappa shape index (κ3) is 4.12. The number of imide groups is 1. The molecule has 2 saturated carbocycles. The summed E-state index contributed by atoms with van der Waals surface area (Å²) in [5.41, 5.74) is 0.747. The number of nitrogens with zero attached hydrogens (tertiary/aromatic N) is 1. The number of benzene rings is 1. The molecular weight excluding hydrogens is 428 g/mol. The van der Waals surface area contributed by atoms with Crippen molar-refractivity contribution >= 4 is 35.3 Å². The van der Waals surface area contributed by atoms with Gasteiger partial charge in [0.2, 0.25) is 11.8 Å². The maximum absolute atomic E-state index is 13.1. The topological polar surface area (TPSA) is 119 Å². The molecule has 2 bridgehead atoms. The van der Waals surface area contributed by atoms with Crippen molar-refractivity contribution in [1.82, 2.24) is 4.90 Å². The van der Waals surface area contributed by atoms with Crippen LogP contribution in [0.25, 0.3) is 0 Å². The molecule has 0 radical (unpaired) electrons. The molecule has 9 nitrogen and oxygen atoms in total. The highest BCUT2D eigenvalue weighted by molar-refractivity contribution is 6.08. The Hall–Kier alpha value is -3.23. The molecule has 1 saturated heterocycles. The third-order valence-electron chi connectivity index (χ3n) is 7.05. The van der Waals surface area contributed by atoms with Crippen molar-refractivity contribution in [3.63, 3.8) is 0 Å². The first-order chi connectivity index (χ1) is 15.7. The molecule has 4 rings (SSSR count). The first-order valence-corrected chi connectivity index (χ1v) is 11.2. The van der Waals surface area contributed by atoms with Crippen molar-refractivity contribution in [3.8, 4) is 0 Å². The van der Waals surface area contributed by atoms with Gasteiger partial charge in [-0.1, -0.05) is 13.8 Å². The van der Waals surface area contributed by atoms with Crippen LogP contribution in [0.5, 0.6) is 0 Å². The third-order valence-corrected chi connectivity index (χ3v) is 7.05. The summed E-state index contributed by atoms with van der Waals surface area (Å²) in [6.07, 6.45) is 2.82. The molecule has 33 heavy (non-hydrogen) atoms. The van der Waals surface area contributed by atoms with Crippen LogP contribution in [0.15, 0.2) is 24.3 Å². The van der Waals surface area contributed by atoms with Crippen LogP contribution >= 0.6 is 0 Å². The number of hydrogen-bond donors (Lipinski definition) is 1. The Labute approximate surface area is 191 Å². The summed E-state index contributed by atoms with van der Waals surface area (Å²) in [4.78, 5) is 63.9. The van der Waals surface area contributed by atoms with E-state index in [9.17, 15) is 24.0 Å². The number of ether oxygens (including phenoxy) is 2. The lowest BCUT2D eigenvalue weighted by molar-refractivity contribution is -0.162. The second kappa shape index (κ2) is 8.96. The molecule has 1 aliphatic heterocycles. The monoisotopic (exact) mass is 456 g/mol. The highest BCUT2D eigenvalue weighted by atomic mass is 16.5. The molecule has 0 spiro atoms. The normalized spacial score (nSPS) is 26.4. The molecule has 0 aromatic heterocycles. The Kier molecular flexibility index (Phi) is 6.23. The van der Waals surface area contributed by atoms with Gasteiger partial charge < -0.3 is 14.8 Å². The Morgan fingerprint density at radius 2 is 1.61 bits per heavy atom. The van der Waals surface area contributed by atoms with Gasteiger partial charge in [0.1, 0.15) is 6.04 Å². The van der Waals surface area contributed by atoms with E-state index < -0.39 is 30.5 Å². The van der Waals surface area contributed by atoms with Gasteiger partial charge in [-0.15, -0.1) is 0 Å². The minimum atomic E-state index is -1.05. The van der Waals surface area contributed by atoms with Crippen molar-refractivity contribution < 1.29 is 33.4 Å². The minimum Gasteiger partial charge on any atom is -0.465 e. The lowest BCUT2D eigenvalue weighted by atomic mass is 9.81. The number of carbonyl (C=O) groups excluding carboxylic acids is 5. The standard InChI is InChI=1S/C24H28N2O7/c1-12(2)20(26-21(28)18-14-4-5-15(10-14)19(18)22(26)29)24(31)33-11-17(27)25-16-8-6-13(7-9-16)23(30)32-3/h6-9,12,14-15,18-20H,4-5,10-11H2,1-3H3,(H,25,27)/t14-,15-,18-,19+,20-/m0/s1. The molecule has 176 valence electrons. The maximum atomic E-state index is 13.1. The van der Waals surface area contributed by atoms with E-state index in [1.54, 1.807) is 13.8 Å². The van der Waals surface area contributed by atoms with Gasteiger partial charge in [-0.2, -0.15) is 0 Å². The van der Waals surface area contributed by atoms with Crippen LogP contribution in [0.2, 0.25) is 0 Å². The number of anilines is 1. The molecule has 9 heteroatoms. The van der Waals surface area contributed by atoms with Crippen LogP contribution in [-0.4, -0.2) is 54.3 Å². The Bertz CT molecular complexity index is 959. The quantitative estimate of drug-likeness (QED) is 0.492. The van der Waals surface area contributed by atoms with Crippen molar-refractivity contribution in [2.24, 2.45) is 29.6 Å². The molecule has 1 aromatic carbocycles. The second-order valence-corrected chi connectivity index (χ2v) is 9.34. The first-order valence-electron chi connectivity index (χ1n) is 11.2. The van der Waals surface area contributed by atoms with Gasteiger partial charge in [-0.3, -0.25) is 19.3 Å². The number of esters is 2. The number of amides is 3. The van der Waals surface area contributed by atoms with Gasteiger partial charge >= 0.3 is 11.9 Å². The lowest BCUT2D eigenvalue weighted by Gasteiger charge is -2.28. The van der Waals surface area contributed by atoms with Crippen LogP contribution < -0.4 is 5.32 Å². The van der Waals surface area contributed by atoms with Crippen LogP contribution in [0.4, 0.5) is 5.69 Å². The number of hydrogen-bond acceptors (Lipinski definition) is 7. The van der Waals surface area contributed by atoms with Crippen molar-refractivity contribution in [2.75, 3.05) is 19.0 Å². The summed E-state index contributed by atoms with van der Waals surface area (Å²) in [7, 11) is 1.27. The number of carbonyl (C=O) groups is 5. The highest BCUT2D eigenvalue weighted by Gasteiger charge is 2.62. The molecule has 1 N–H and O–H groups in total. The van der Waals surface area contributed by atoms with Gasteiger partial charge in [-0.05, 0) is 61.3 Å². The molecular formula is C24H28N2O7. The van der Waals surface area contributed by atoms with Gasteiger partial charge in [0.25, 0.3) is 5.91 Å². The molecule has 2 aliphatic carbocycles. The van der Waals surface area contributed by atoms with Crippen LogP contribution in [0, 0.1) is 29.6 Å². The number of methoxy groups -OCH3 is 1. The number of rotatable bonds is 7. The highest BCUT2D eigenvalue weighted by Crippen LogP contribution is 2.56. The predicted octanol–water partition coefficient (Wildman–Crippen LogP) is 2.01. The molecule has 5 atom stereocenters. The fourth-order valence-corrected chi connectivity index (χ4v) is 5.61. The fourth-order valence-electron chi connectivity index (χ4n) is 5.61. The number of fused-ring (bicyclic) bond motifs is 5. The lowest BCUT2D eigenvalue weighted by Crippen LogP contribution is -2.50. The van der Waals surface area contributed by atoms with Crippen LogP contribution in [0.3, 0.4) is 0 Å². The van der Waals surface area contributed by atoms with E-state index in [-0.39, 0.29) is 41.4 Å². The smallest absolute Gasteiger partial charge is 0.337 e.